The fraction of sp³-hybridized carbons (Fsp3) is 0.381. The van der Waals surface area contributed by atoms with Gasteiger partial charge in [0.15, 0.2) is 0 Å². The Morgan fingerprint density at radius 2 is 1.94 bits per heavy atom. The van der Waals surface area contributed by atoms with E-state index in [9.17, 15) is 19.5 Å². The van der Waals surface area contributed by atoms with Crippen molar-refractivity contribution < 1.29 is 24.2 Å². The fourth-order valence-electron chi connectivity index (χ4n) is 4.00. The summed E-state index contributed by atoms with van der Waals surface area (Å²) in [6, 6.07) is 10.6. The molecule has 0 saturated carbocycles. The zero-order valence-corrected chi connectivity index (χ0v) is 19.7. The number of nitrogens with two attached hydrogens (primary N) is 1. The monoisotopic (exact) mass is 509 g/mol. The van der Waals surface area contributed by atoms with Gasteiger partial charge in [-0.05, 0) is 39.5 Å². The summed E-state index contributed by atoms with van der Waals surface area (Å²) < 4.78 is 6.63. The van der Waals surface area contributed by atoms with Gasteiger partial charge in [-0.3, -0.25) is 14.5 Å². The number of carbonyl (C=O) groups excluding carboxylic acids is 2. The first-order valence-electron chi connectivity index (χ1n) is 9.58. The van der Waals surface area contributed by atoms with E-state index in [4.69, 9.17) is 10.5 Å². The molecule has 8 nitrogen and oxygen atoms in total. The van der Waals surface area contributed by atoms with E-state index in [1.165, 1.54) is 0 Å². The van der Waals surface area contributed by atoms with Gasteiger partial charge in [0.05, 0.1) is 16.0 Å². The molecule has 1 aromatic heterocycles. The van der Waals surface area contributed by atoms with E-state index in [1.807, 2.05) is 39.0 Å². The van der Waals surface area contributed by atoms with Gasteiger partial charge >= 0.3 is 6.09 Å². The zero-order chi connectivity index (χ0) is 23.0. The molecular formula is C21H24BrN3O5S. The maximum absolute atomic E-state index is 13.6. The lowest BCUT2D eigenvalue weighted by Gasteiger charge is -2.45. The highest BCUT2D eigenvalue weighted by Crippen LogP contribution is 2.46. The Bertz CT molecular complexity index is 1000. The second-order valence-corrected chi connectivity index (χ2v) is 10.8. The molecule has 0 unspecified atom stereocenters. The number of hydrogen-bond acceptors (Lipinski definition) is 5. The molecule has 0 aliphatic carbocycles. The number of amides is 3. The number of thiophene rings is 1. The number of likely N-dealkylation sites (tertiary alicyclic amines) is 1. The second-order valence-electron chi connectivity index (χ2n) is 8.37. The summed E-state index contributed by atoms with van der Waals surface area (Å²) in [5, 5.41) is 12.7. The van der Waals surface area contributed by atoms with E-state index in [2.05, 4.69) is 21.2 Å². The quantitative estimate of drug-likeness (QED) is 0.558. The topological polar surface area (TPSA) is 122 Å². The molecule has 1 aliphatic rings. The van der Waals surface area contributed by atoms with Crippen LogP contribution in [-0.4, -0.2) is 46.1 Å². The van der Waals surface area contributed by atoms with E-state index in [0.29, 0.717) is 9.54 Å². The third kappa shape index (κ3) is 4.40. The van der Waals surface area contributed by atoms with E-state index in [1.54, 1.807) is 18.2 Å². The Kier molecular flexibility index (Phi) is 6.33. The Hall–Kier alpha value is -2.59. The number of ether oxygens (including phenoxy) is 1. The maximum Gasteiger partial charge on any atom is 0.408 e. The number of anilines is 1. The molecule has 31 heavy (non-hydrogen) atoms. The highest BCUT2D eigenvalue weighted by atomic mass is 79.9. The minimum Gasteiger partial charge on any atom is -0.488 e. The van der Waals surface area contributed by atoms with Gasteiger partial charge < -0.3 is 20.9 Å². The van der Waals surface area contributed by atoms with Crippen LogP contribution < -0.4 is 15.8 Å². The molecule has 0 radical (unpaired) electrons. The van der Waals surface area contributed by atoms with Crippen molar-refractivity contribution in [2.24, 2.45) is 11.1 Å². The minimum absolute atomic E-state index is 0.0327. The van der Waals surface area contributed by atoms with Crippen LogP contribution in [0.25, 0.3) is 0 Å². The molecule has 2 heterocycles. The molecule has 0 bridgehead atoms. The van der Waals surface area contributed by atoms with Crippen LogP contribution in [-0.2, 0) is 4.79 Å². The lowest BCUT2D eigenvalue weighted by molar-refractivity contribution is -0.132. The van der Waals surface area contributed by atoms with Crippen LogP contribution >= 0.6 is 27.3 Å². The number of para-hydroxylation sites is 1. The van der Waals surface area contributed by atoms with Crippen molar-refractivity contribution in [2.45, 2.75) is 38.8 Å². The molecule has 2 atom stereocenters. The predicted molar refractivity (Wildman–Crippen MR) is 122 cm³/mol. The van der Waals surface area contributed by atoms with Crippen molar-refractivity contribution >= 4 is 50.9 Å². The number of hydrogen-bond donors (Lipinski definition) is 3. The van der Waals surface area contributed by atoms with E-state index in [0.717, 1.165) is 16.2 Å². The van der Waals surface area contributed by atoms with Gasteiger partial charge in [-0.2, -0.15) is 0 Å². The van der Waals surface area contributed by atoms with Gasteiger partial charge in [0.1, 0.15) is 22.3 Å². The smallest absolute Gasteiger partial charge is 0.408 e. The van der Waals surface area contributed by atoms with E-state index in [-0.39, 0.29) is 23.5 Å². The summed E-state index contributed by atoms with van der Waals surface area (Å²) in [5.41, 5.74) is 3.48. The van der Waals surface area contributed by atoms with Crippen LogP contribution in [0.3, 0.4) is 0 Å². The van der Waals surface area contributed by atoms with Crippen LogP contribution in [0.4, 0.5) is 10.5 Å². The first-order chi connectivity index (χ1) is 14.5. The molecule has 3 rings (SSSR count). The van der Waals surface area contributed by atoms with Crippen molar-refractivity contribution in [2.75, 3.05) is 11.9 Å². The highest BCUT2D eigenvalue weighted by molar-refractivity contribution is 9.11. The first kappa shape index (κ1) is 23.1. The number of primary amides is 1. The van der Waals surface area contributed by atoms with Gasteiger partial charge in [0.2, 0.25) is 0 Å². The number of carboxylic acid groups (broad SMARTS) is 1. The van der Waals surface area contributed by atoms with Gasteiger partial charge in [-0.1, -0.05) is 39.0 Å². The first-order valence-corrected chi connectivity index (χ1v) is 11.2. The summed E-state index contributed by atoms with van der Waals surface area (Å²) in [6.07, 6.45) is -1.58. The summed E-state index contributed by atoms with van der Waals surface area (Å²) in [6.45, 7) is 5.47. The lowest BCUT2D eigenvalue weighted by atomic mass is 9.70. The number of rotatable bonds is 5. The van der Waals surface area contributed by atoms with Crippen LogP contribution in [0.5, 0.6) is 5.75 Å². The Labute approximate surface area is 192 Å². The maximum atomic E-state index is 13.6. The molecule has 1 aliphatic heterocycles. The number of carbonyl (C=O) groups is 3. The number of halogens is 1. The predicted octanol–water partition coefficient (Wildman–Crippen LogP) is 4.16. The summed E-state index contributed by atoms with van der Waals surface area (Å²) >= 11 is 4.39. The Morgan fingerprint density at radius 1 is 1.29 bits per heavy atom. The summed E-state index contributed by atoms with van der Waals surface area (Å²) in [5.74, 6) is -0.613. The molecule has 1 aromatic carbocycles. The molecule has 0 spiro atoms. The molecule has 1 fully saturated rings. The van der Waals surface area contributed by atoms with Crippen molar-refractivity contribution in [1.82, 2.24) is 4.90 Å². The molecule has 1 saturated heterocycles. The van der Waals surface area contributed by atoms with Gasteiger partial charge in [0.25, 0.3) is 11.8 Å². The molecule has 166 valence electrons. The fourth-order valence-corrected chi connectivity index (χ4v) is 5.41. The standard InChI is InChI=1S/C21H24BrN3O5S/c1-20(2,3)21(18(27)24-14-9-15(22)31-16(14)17(23)26)10-13(11-25(21)19(28)29)30-12-7-5-4-6-8-12/h4-9,13H,10-11H2,1-3H3,(H2,23,26)(H,24,27)(H,28,29)/t13-,21-/m1/s1. The molecule has 3 amide bonds. The highest BCUT2D eigenvalue weighted by Gasteiger charge is 2.61. The van der Waals surface area contributed by atoms with Crippen LogP contribution in [0.1, 0.15) is 36.9 Å². The van der Waals surface area contributed by atoms with Crippen molar-refractivity contribution in [3.8, 4) is 5.75 Å². The molecular weight excluding hydrogens is 486 g/mol. The lowest BCUT2D eigenvalue weighted by Crippen LogP contribution is -2.62. The average molecular weight is 510 g/mol. The normalized spacial score (nSPS) is 21.0. The summed E-state index contributed by atoms with van der Waals surface area (Å²) in [4.78, 5) is 39.0. The number of nitrogens with zero attached hydrogens (tertiary/aromatic N) is 1. The van der Waals surface area contributed by atoms with Gasteiger partial charge in [-0.25, -0.2) is 4.79 Å². The van der Waals surface area contributed by atoms with Gasteiger partial charge in [-0.15, -0.1) is 11.3 Å². The van der Waals surface area contributed by atoms with E-state index < -0.39 is 35.0 Å². The molecule has 2 aromatic rings. The van der Waals surface area contributed by atoms with Crippen LogP contribution in [0, 0.1) is 5.41 Å². The van der Waals surface area contributed by atoms with Crippen LogP contribution in [0.15, 0.2) is 40.2 Å². The summed E-state index contributed by atoms with van der Waals surface area (Å²) in [7, 11) is 0. The Balaban J connectivity index is 1.98. The van der Waals surface area contributed by atoms with Crippen molar-refractivity contribution in [3.05, 3.63) is 45.1 Å². The van der Waals surface area contributed by atoms with Crippen LogP contribution in [0.2, 0.25) is 0 Å². The van der Waals surface area contributed by atoms with Gasteiger partial charge in [0, 0.05) is 6.42 Å². The Morgan fingerprint density at radius 3 is 2.48 bits per heavy atom. The third-order valence-electron chi connectivity index (χ3n) is 5.44. The van der Waals surface area contributed by atoms with E-state index >= 15 is 0 Å². The molecule has 10 heteroatoms. The SMILES string of the molecule is CC(C)(C)[C@]1(C(=O)Nc2cc(Br)sc2C(N)=O)C[C@@H](Oc2ccccc2)CN1C(=O)O. The number of benzene rings is 1. The van der Waals surface area contributed by atoms with Crippen molar-refractivity contribution in [3.63, 3.8) is 0 Å². The average Bonchev–Trinajstić information content (AvgIpc) is 3.24. The zero-order valence-electron chi connectivity index (χ0n) is 17.3. The minimum atomic E-state index is -1.43. The van der Waals surface area contributed by atoms with Crippen molar-refractivity contribution in [1.29, 1.82) is 0 Å². The number of nitrogens with one attached hydrogen (secondary N) is 1. The molecule has 4 N–H and O–H groups in total. The largest absolute Gasteiger partial charge is 0.488 e. The second kappa shape index (κ2) is 8.51. The third-order valence-corrected chi connectivity index (χ3v) is 7.09.